The van der Waals surface area contributed by atoms with Crippen molar-refractivity contribution in [3.05, 3.63) is 54.1 Å². The SMILES string of the molecule is Cn1ccnc1CN1C[C@H](O)[C@@]2(C1)[C@H](CO)[C@H]2c1ccccc1. The zero-order valence-electron chi connectivity index (χ0n) is 13.3. The van der Waals surface area contributed by atoms with Crippen molar-refractivity contribution in [3.63, 3.8) is 0 Å². The van der Waals surface area contributed by atoms with Crippen LogP contribution < -0.4 is 0 Å². The van der Waals surface area contributed by atoms with E-state index >= 15 is 0 Å². The summed E-state index contributed by atoms with van der Waals surface area (Å²) in [4.78, 5) is 6.64. The lowest BCUT2D eigenvalue weighted by Gasteiger charge is -2.16. The number of aliphatic hydroxyl groups excluding tert-OH is 2. The van der Waals surface area contributed by atoms with Gasteiger partial charge in [-0.1, -0.05) is 30.3 Å². The van der Waals surface area contributed by atoms with Crippen LogP contribution in [0.5, 0.6) is 0 Å². The van der Waals surface area contributed by atoms with E-state index in [1.54, 1.807) is 6.20 Å². The molecule has 1 saturated carbocycles. The molecule has 1 aromatic carbocycles. The molecule has 1 aromatic heterocycles. The smallest absolute Gasteiger partial charge is 0.122 e. The van der Waals surface area contributed by atoms with Crippen molar-refractivity contribution in [3.8, 4) is 0 Å². The standard InChI is InChI=1S/C18H23N3O2/c1-20-8-7-19-16(20)10-21-9-15(23)18(12-21)14(11-22)17(18)13-5-3-2-4-6-13/h2-8,14-15,17,22-23H,9-12H2,1H3/t14-,15+,17-,18-/m1/s1. The predicted molar refractivity (Wildman–Crippen MR) is 86.7 cm³/mol. The summed E-state index contributed by atoms with van der Waals surface area (Å²) in [5.74, 6) is 1.40. The molecule has 2 aromatic rings. The van der Waals surface area contributed by atoms with Crippen LogP contribution >= 0.6 is 0 Å². The summed E-state index contributed by atoms with van der Waals surface area (Å²) in [5, 5.41) is 20.6. The van der Waals surface area contributed by atoms with Crippen LogP contribution in [0.3, 0.4) is 0 Å². The molecule has 2 fully saturated rings. The van der Waals surface area contributed by atoms with E-state index in [-0.39, 0.29) is 23.9 Å². The largest absolute Gasteiger partial charge is 0.396 e. The van der Waals surface area contributed by atoms with E-state index in [9.17, 15) is 10.2 Å². The molecule has 0 radical (unpaired) electrons. The highest BCUT2D eigenvalue weighted by Gasteiger charge is 2.70. The molecule has 2 N–H and O–H groups in total. The molecule has 122 valence electrons. The number of β-amino-alcohol motifs (C(OH)–C–C–N with tert-alkyl or cyclic N) is 1. The van der Waals surface area contributed by atoms with Gasteiger partial charge in [-0.3, -0.25) is 4.90 Å². The third kappa shape index (κ3) is 2.23. The van der Waals surface area contributed by atoms with Crippen molar-refractivity contribution < 1.29 is 10.2 Å². The van der Waals surface area contributed by atoms with E-state index in [4.69, 9.17) is 0 Å². The van der Waals surface area contributed by atoms with Gasteiger partial charge in [-0.05, 0) is 17.4 Å². The Morgan fingerprint density at radius 3 is 2.74 bits per heavy atom. The molecule has 0 amide bonds. The quantitative estimate of drug-likeness (QED) is 0.884. The number of likely N-dealkylation sites (tertiary alicyclic amines) is 1. The van der Waals surface area contributed by atoms with Crippen molar-refractivity contribution in [1.82, 2.24) is 14.5 Å². The Morgan fingerprint density at radius 2 is 2.09 bits per heavy atom. The van der Waals surface area contributed by atoms with Gasteiger partial charge in [0.15, 0.2) is 0 Å². The molecule has 0 bridgehead atoms. The first kappa shape index (κ1) is 14.9. The number of imidazole rings is 1. The Balaban J connectivity index is 1.56. The normalized spacial score (nSPS) is 33.4. The predicted octanol–water partition coefficient (Wildman–Crippen LogP) is 0.989. The average Bonchev–Trinajstić information content (AvgIpc) is 2.85. The minimum absolute atomic E-state index is 0.132. The van der Waals surface area contributed by atoms with E-state index in [1.807, 2.05) is 36.0 Å². The molecule has 5 nitrogen and oxygen atoms in total. The van der Waals surface area contributed by atoms with E-state index in [1.165, 1.54) is 5.56 Å². The van der Waals surface area contributed by atoms with Crippen LogP contribution in [0.15, 0.2) is 42.7 Å². The van der Waals surface area contributed by atoms with Crippen LogP contribution in [0.1, 0.15) is 17.3 Å². The second-order valence-corrected chi connectivity index (χ2v) is 6.93. The number of aliphatic hydroxyl groups is 2. The lowest BCUT2D eigenvalue weighted by molar-refractivity contribution is 0.111. The highest BCUT2D eigenvalue weighted by Crippen LogP contribution is 2.68. The van der Waals surface area contributed by atoms with E-state index < -0.39 is 6.10 Å². The fourth-order valence-electron chi connectivity index (χ4n) is 4.53. The number of aryl methyl sites for hydroxylation is 1. The zero-order valence-corrected chi connectivity index (χ0v) is 13.3. The molecule has 1 aliphatic heterocycles. The number of aromatic nitrogens is 2. The summed E-state index contributed by atoms with van der Waals surface area (Å²) in [6.45, 7) is 2.33. The monoisotopic (exact) mass is 313 g/mol. The highest BCUT2D eigenvalue weighted by atomic mass is 16.3. The minimum atomic E-state index is -0.398. The summed E-state index contributed by atoms with van der Waals surface area (Å²) in [5.41, 5.74) is 1.02. The molecular weight excluding hydrogens is 290 g/mol. The maximum atomic E-state index is 10.7. The fraction of sp³-hybridized carbons (Fsp3) is 0.500. The van der Waals surface area contributed by atoms with Crippen molar-refractivity contribution in [1.29, 1.82) is 0 Å². The Bertz CT molecular complexity index is 687. The van der Waals surface area contributed by atoms with Gasteiger partial charge in [0, 0.05) is 44.6 Å². The summed E-state index contributed by atoms with van der Waals surface area (Å²) in [6, 6.07) is 10.3. The molecule has 1 spiro atoms. The Kier molecular flexibility index (Phi) is 3.52. The molecule has 2 aliphatic rings. The first-order valence-corrected chi connectivity index (χ1v) is 8.19. The molecule has 4 rings (SSSR count). The van der Waals surface area contributed by atoms with Gasteiger partial charge in [0.25, 0.3) is 0 Å². The van der Waals surface area contributed by atoms with Crippen LogP contribution in [-0.2, 0) is 13.6 Å². The van der Waals surface area contributed by atoms with Crippen molar-refractivity contribution in [2.45, 2.75) is 18.6 Å². The zero-order chi connectivity index (χ0) is 16.0. The van der Waals surface area contributed by atoms with Crippen LogP contribution in [-0.4, -0.2) is 50.5 Å². The van der Waals surface area contributed by atoms with Crippen molar-refractivity contribution in [2.75, 3.05) is 19.7 Å². The molecule has 1 aliphatic carbocycles. The van der Waals surface area contributed by atoms with E-state index in [0.717, 1.165) is 18.9 Å². The van der Waals surface area contributed by atoms with E-state index in [2.05, 4.69) is 22.0 Å². The lowest BCUT2D eigenvalue weighted by atomic mass is 9.95. The summed E-state index contributed by atoms with van der Waals surface area (Å²) >= 11 is 0. The number of hydrogen-bond acceptors (Lipinski definition) is 4. The molecule has 0 unspecified atom stereocenters. The maximum absolute atomic E-state index is 10.7. The molecule has 23 heavy (non-hydrogen) atoms. The van der Waals surface area contributed by atoms with Crippen LogP contribution in [0.4, 0.5) is 0 Å². The van der Waals surface area contributed by atoms with E-state index in [0.29, 0.717) is 6.54 Å². The Labute approximate surface area is 136 Å². The fourth-order valence-corrected chi connectivity index (χ4v) is 4.53. The van der Waals surface area contributed by atoms with Crippen molar-refractivity contribution in [2.24, 2.45) is 18.4 Å². The van der Waals surface area contributed by atoms with Gasteiger partial charge in [0.2, 0.25) is 0 Å². The summed E-state index contributed by atoms with van der Waals surface area (Å²) in [7, 11) is 1.99. The third-order valence-electron chi connectivity index (χ3n) is 5.75. The molecule has 4 atom stereocenters. The molecular formula is C18H23N3O2. The second-order valence-electron chi connectivity index (χ2n) is 6.93. The minimum Gasteiger partial charge on any atom is -0.396 e. The van der Waals surface area contributed by atoms with Gasteiger partial charge in [0.05, 0.1) is 12.6 Å². The summed E-state index contributed by atoms with van der Waals surface area (Å²) in [6.07, 6.45) is 3.35. The van der Waals surface area contributed by atoms with Gasteiger partial charge >= 0.3 is 0 Å². The van der Waals surface area contributed by atoms with Crippen molar-refractivity contribution >= 4 is 0 Å². The third-order valence-corrected chi connectivity index (χ3v) is 5.75. The highest BCUT2D eigenvalue weighted by molar-refractivity contribution is 5.36. The Hall–Kier alpha value is -1.69. The van der Waals surface area contributed by atoms with Gasteiger partial charge in [-0.15, -0.1) is 0 Å². The van der Waals surface area contributed by atoms with Gasteiger partial charge in [-0.25, -0.2) is 4.98 Å². The number of hydrogen-bond donors (Lipinski definition) is 2. The molecule has 5 heteroatoms. The van der Waals surface area contributed by atoms with Gasteiger partial charge in [-0.2, -0.15) is 0 Å². The first-order valence-electron chi connectivity index (χ1n) is 8.19. The number of rotatable bonds is 4. The van der Waals surface area contributed by atoms with Crippen LogP contribution in [0.2, 0.25) is 0 Å². The van der Waals surface area contributed by atoms with Gasteiger partial charge in [0.1, 0.15) is 5.82 Å². The first-order chi connectivity index (χ1) is 11.2. The number of nitrogens with zero attached hydrogens (tertiary/aromatic N) is 3. The maximum Gasteiger partial charge on any atom is 0.122 e. The van der Waals surface area contributed by atoms with Crippen LogP contribution in [0, 0.1) is 11.3 Å². The molecule has 1 saturated heterocycles. The lowest BCUT2D eigenvalue weighted by Crippen LogP contribution is -2.23. The van der Waals surface area contributed by atoms with Gasteiger partial charge < -0.3 is 14.8 Å². The topological polar surface area (TPSA) is 61.5 Å². The Morgan fingerprint density at radius 1 is 1.30 bits per heavy atom. The van der Waals surface area contributed by atoms with Crippen LogP contribution in [0.25, 0.3) is 0 Å². The summed E-state index contributed by atoms with van der Waals surface area (Å²) < 4.78 is 2.02. The number of benzene rings is 1. The average molecular weight is 313 g/mol. The second kappa shape index (κ2) is 5.44. The molecule has 2 heterocycles.